The molecule has 2 aromatic carbocycles. The average Bonchev–Trinajstić information content (AvgIpc) is 2.40. The van der Waals surface area contributed by atoms with E-state index in [0.717, 1.165) is 21.5 Å². The minimum atomic E-state index is -0.0840. The lowest BCUT2D eigenvalue weighted by Crippen LogP contribution is -2.13. The number of hydrogen-bond donors (Lipinski definition) is 1. The fourth-order valence-electron chi connectivity index (χ4n) is 2.26. The summed E-state index contributed by atoms with van der Waals surface area (Å²) in [6.07, 6.45) is 0. The van der Waals surface area contributed by atoms with Crippen molar-refractivity contribution >= 4 is 15.9 Å². The Bertz CT molecular complexity index is 629. The summed E-state index contributed by atoms with van der Waals surface area (Å²) in [5, 5.41) is 0. The molecule has 112 valence electrons. The lowest BCUT2D eigenvalue weighted by Gasteiger charge is -2.23. The third-order valence-corrected chi connectivity index (χ3v) is 3.87. The Hall–Kier alpha value is -1.32. The molecule has 0 bridgehead atoms. The van der Waals surface area contributed by atoms with Crippen molar-refractivity contribution in [2.45, 2.75) is 39.2 Å². The summed E-state index contributed by atoms with van der Waals surface area (Å²) < 4.78 is 7.19. The third kappa shape index (κ3) is 3.86. The van der Waals surface area contributed by atoms with Crippen LogP contribution in [0.2, 0.25) is 0 Å². The number of halogens is 1. The van der Waals surface area contributed by atoms with Gasteiger partial charge in [0.2, 0.25) is 0 Å². The van der Waals surface area contributed by atoms with E-state index in [4.69, 9.17) is 10.5 Å². The first-order valence-corrected chi connectivity index (χ1v) is 7.90. The number of ether oxygens (including phenoxy) is 1. The van der Waals surface area contributed by atoms with E-state index in [1.165, 1.54) is 5.56 Å². The van der Waals surface area contributed by atoms with Crippen LogP contribution in [0, 0.1) is 0 Å². The smallest absolute Gasteiger partial charge is 0.132 e. The van der Waals surface area contributed by atoms with Crippen LogP contribution in [0.25, 0.3) is 0 Å². The number of rotatable bonds is 3. The van der Waals surface area contributed by atoms with Gasteiger partial charge in [-0.25, -0.2) is 0 Å². The molecule has 0 aliphatic carbocycles. The van der Waals surface area contributed by atoms with Crippen LogP contribution in [0.3, 0.4) is 0 Å². The molecule has 0 radical (unpaired) electrons. The first-order valence-electron chi connectivity index (χ1n) is 7.11. The minimum Gasteiger partial charge on any atom is -0.457 e. The molecule has 2 rings (SSSR count). The zero-order valence-electron chi connectivity index (χ0n) is 13.0. The van der Waals surface area contributed by atoms with Crippen LogP contribution in [-0.4, -0.2) is 0 Å². The van der Waals surface area contributed by atoms with Gasteiger partial charge in [-0.3, -0.25) is 0 Å². The van der Waals surface area contributed by atoms with Crippen molar-refractivity contribution < 1.29 is 4.74 Å². The summed E-state index contributed by atoms with van der Waals surface area (Å²) in [7, 11) is 0. The summed E-state index contributed by atoms with van der Waals surface area (Å²) in [6.45, 7) is 8.51. The highest BCUT2D eigenvalue weighted by Gasteiger charge is 2.19. The van der Waals surface area contributed by atoms with E-state index in [-0.39, 0.29) is 11.5 Å². The molecule has 0 fully saturated rings. The second-order valence-electron chi connectivity index (χ2n) is 6.32. The van der Waals surface area contributed by atoms with Crippen LogP contribution in [0.1, 0.15) is 44.9 Å². The van der Waals surface area contributed by atoms with Gasteiger partial charge in [0.25, 0.3) is 0 Å². The van der Waals surface area contributed by atoms with Crippen molar-refractivity contribution in [2.75, 3.05) is 0 Å². The van der Waals surface area contributed by atoms with Gasteiger partial charge in [-0.1, -0.05) is 54.9 Å². The van der Waals surface area contributed by atoms with Crippen LogP contribution >= 0.6 is 15.9 Å². The minimum absolute atomic E-state index is 0.0282. The van der Waals surface area contributed by atoms with Crippen LogP contribution < -0.4 is 10.5 Å². The zero-order valence-corrected chi connectivity index (χ0v) is 14.6. The van der Waals surface area contributed by atoms with Gasteiger partial charge in [0.15, 0.2) is 0 Å². The molecule has 0 aliphatic rings. The van der Waals surface area contributed by atoms with Gasteiger partial charge in [0.05, 0.1) is 0 Å². The van der Waals surface area contributed by atoms with Gasteiger partial charge >= 0.3 is 0 Å². The average molecular weight is 348 g/mol. The van der Waals surface area contributed by atoms with Crippen molar-refractivity contribution in [3.63, 3.8) is 0 Å². The summed E-state index contributed by atoms with van der Waals surface area (Å²) in [6, 6.07) is 14.0. The predicted molar refractivity (Wildman–Crippen MR) is 92.0 cm³/mol. The van der Waals surface area contributed by atoms with Gasteiger partial charge < -0.3 is 10.5 Å². The van der Waals surface area contributed by atoms with Gasteiger partial charge in [-0.2, -0.15) is 0 Å². The molecule has 3 heteroatoms. The maximum Gasteiger partial charge on any atom is 0.132 e. The summed E-state index contributed by atoms with van der Waals surface area (Å²) in [5.74, 6) is 1.69. The third-order valence-electron chi connectivity index (χ3n) is 3.38. The van der Waals surface area contributed by atoms with Gasteiger partial charge in [0.1, 0.15) is 11.5 Å². The number of para-hydroxylation sites is 1. The van der Waals surface area contributed by atoms with Crippen LogP contribution in [0.4, 0.5) is 0 Å². The standard InChI is InChI=1S/C18H22BrNO/c1-12(20)14-11-13(19)9-10-16(14)21-17-8-6-5-7-15(17)18(2,3)4/h5-12H,20H2,1-4H3. The largest absolute Gasteiger partial charge is 0.457 e. The SMILES string of the molecule is CC(N)c1cc(Br)ccc1Oc1ccccc1C(C)(C)C. The molecular formula is C18H22BrNO. The Balaban J connectivity index is 2.44. The molecular weight excluding hydrogens is 326 g/mol. The molecule has 2 N–H and O–H groups in total. The number of nitrogens with two attached hydrogens (primary N) is 1. The number of benzene rings is 2. The lowest BCUT2D eigenvalue weighted by atomic mass is 9.86. The van der Waals surface area contributed by atoms with Gasteiger partial charge in [0, 0.05) is 21.6 Å². The topological polar surface area (TPSA) is 35.2 Å². The second-order valence-corrected chi connectivity index (χ2v) is 7.23. The molecule has 0 spiro atoms. The highest BCUT2D eigenvalue weighted by molar-refractivity contribution is 9.10. The fourth-order valence-corrected chi connectivity index (χ4v) is 2.64. The van der Waals surface area contributed by atoms with Crippen molar-refractivity contribution in [1.82, 2.24) is 0 Å². The Morgan fingerprint density at radius 2 is 1.71 bits per heavy atom. The maximum atomic E-state index is 6.18. The van der Waals surface area contributed by atoms with Crippen LogP contribution in [0.5, 0.6) is 11.5 Å². The van der Waals surface area contributed by atoms with Crippen LogP contribution in [0.15, 0.2) is 46.9 Å². The second kappa shape index (κ2) is 6.20. The summed E-state index contributed by atoms with van der Waals surface area (Å²) in [4.78, 5) is 0. The quantitative estimate of drug-likeness (QED) is 0.788. The molecule has 2 aromatic rings. The molecule has 0 amide bonds. The molecule has 0 aliphatic heterocycles. The molecule has 1 unspecified atom stereocenters. The van der Waals surface area contributed by atoms with Crippen molar-refractivity contribution in [3.05, 3.63) is 58.1 Å². The first kappa shape index (κ1) is 16.1. The molecule has 1 atom stereocenters. The Morgan fingerprint density at radius 3 is 2.33 bits per heavy atom. The van der Waals surface area contributed by atoms with Gasteiger partial charge in [-0.05, 0) is 36.6 Å². The lowest BCUT2D eigenvalue weighted by molar-refractivity contribution is 0.447. The molecule has 0 saturated carbocycles. The summed E-state index contributed by atoms with van der Waals surface area (Å²) >= 11 is 3.49. The highest BCUT2D eigenvalue weighted by Crippen LogP contribution is 2.36. The first-order chi connectivity index (χ1) is 9.79. The van der Waals surface area contributed by atoms with E-state index in [0.29, 0.717) is 0 Å². The maximum absolute atomic E-state index is 6.18. The fraction of sp³-hybridized carbons (Fsp3) is 0.333. The van der Waals surface area contributed by atoms with E-state index in [2.05, 4.69) is 42.8 Å². The molecule has 0 heterocycles. The van der Waals surface area contributed by atoms with Crippen molar-refractivity contribution in [3.8, 4) is 11.5 Å². The van der Waals surface area contributed by atoms with Gasteiger partial charge in [-0.15, -0.1) is 0 Å². The highest BCUT2D eigenvalue weighted by atomic mass is 79.9. The molecule has 2 nitrogen and oxygen atoms in total. The monoisotopic (exact) mass is 347 g/mol. The Labute approximate surface area is 135 Å². The van der Waals surface area contributed by atoms with E-state index in [9.17, 15) is 0 Å². The van der Waals surface area contributed by atoms with Crippen molar-refractivity contribution in [2.24, 2.45) is 5.73 Å². The van der Waals surface area contributed by atoms with E-state index < -0.39 is 0 Å². The van der Waals surface area contributed by atoms with Crippen molar-refractivity contribution in [1.29, 1.82) is 0 Å². The van der Waals surface area contributed by atoms with E-state index in [1.807, 2.05) is 43.3 Å². The van der Waals surface area contributed by atoms with Crippen LogP contribution in [-0.2, 0) is 5.41 Å². The zero-order chi connectivity index (χ0) is 15.6. The molecule has 0 aromatic heterocycles. The summed E-state index contributed by atoms with van der Waals surface area (Å²) in [5.41, 5.74) is 8.27. The Kier molecular flexibility index (Phi) is 4.74. The molecule has 0 saturated heterocycles. The Morgan fingerprint density at radius 1 is 1.05 bits per heavy atom. The van der Waals surface area contributed by atoms with E-state index in [1.54, 1.807) is 0 Å². The normalized spacial score (nSPS) is 13.0. The predicted octanol–water partition coefficient (Wildman–Crippen LogP) is 5.56. The molecule has 21 heavy (non-hydrogen) atoms. The van der Waals surface area contributed by atoms with E-state index >= 15 is 0 Å². The number of hydrogen-bond acceptors (Lipinski definition) is 2.